The normalized spacial score (nSPS) is 11.4. The largest absolute Gasteiger partial charge is 0.461 e. The number of H-pyrrole nitrogens is 1. The first-order chi connectivity index (χ1) is 11.2. The second-order valence-electron chi connectivity index (χ2n) is 5.36. The van der Waals surface area contributed by atoms with Crippen LogP contribution in [0.4, 0.5) is 5.69 Å². The molecule has 1 aromatic heterocycles. The van der Waals surface area contributed by atoms with Gasteiger partial charge in [0.15, 0.2) is 0 Å². The Balaban J connectivity index is 2.44. The molecule has 1 aromatic carbocycles. The number of sulfonamides is 1. The molecule has 0 aliphatic rings. The molecular weight excluding hydrogens is 352 g/mol. The first-order valence-corrected chi connectivity index (χ1v) is 9.18. The fourth-order valence-corrected chi connectivity index (χ4v) is 4.29. The third-order valence-corrected chi connectivity index (χ3v) is 5.42. The molecule has 1 heterocycles. The molecule has 2 N–H and O–H groups in total. The Bertz CT molecular complexity index is 888. The highest BCUT2D eigenvalue weighted by atomic mass is 35.5. The SMILES string of the molecule is CCOC(=O)c1[nH]c(C)c(S(=O)(=O)Nc2ccc(Cl)cc2C)c1C. The minimum absolute atomic E-state index is 0.0416. The predicted octanol–water partition coefficient (Wildman–Crippen LogP) is 3.57. The number of aromatic nitrogens is 1. The number of hydrogen-bond acceptors (Lipinski definition) is 4. The van der Waals surface area contributed by atoms with Crippen molar-refractivity contribution in [3.05, 3.63) is 45.7 Å². The van der Waals surface area contributed by atoms with Gasteiger partial charge >= 0.3 is 5.97 Å². The summed E-state index contributed by atoms with van der Waals surface area (Å²) in [6, 6.07) is 4.87. The van der Waals surface area contributed by atoms with E-state index in [0.717, 1.165) is 0 Å². The van der Waals surface area contributed by atoms with Gasteiger partial charge in [-0.1, -0.05) is 11.6 Å². The van der Waals surface area contributed by atoms with E-state index in [9.17, 15) is 13.2 Å². The predicted molar refractivity (Wildman–Crippen MR) is 93.2 cm³/mol. The zero-order chi connectivity index (χ0) is 18.1. The molecule has 0 fully saturated rings. The van der Waals surface area contributed by atoms with E-state index in [2.05, 4.69) is 9.71 Å². The standard InChI is InChI=1S/C16H19ClN2O4S/c1-5-23-16(20)14-10(3)15(11(4)18-14)24(21,22)19-13-7-6-12(17)8-9(13)2/h6-8,18-19H,5H2,1-4H3. The van der Waals surface area contributed by atoms with E-state index in [-0.39, 0.29) is 17.2 Å². The first-order valence-electron chi connectivity index (χ1n) is 7.32. The molecule has 0 amide bonds. The van der Waals surface area contributed by atoms with Crippen LogP contribution in [0.1, 0.15) is 34.2 Å². The van der Waals surface area contributed by atoms with Crippen LogP contribution in [0.15, 0.2) is 23.1 Å². The number of nitrogens with one attached hydrogen (secondary N) is 2. The second-order valence-corrected chi connectivity index (χ2v) is 7.42. The number of ether oxygens (including phenoxy) is 1. The van der Waals surface area contributed by atoms with Gasteiger partial charge < -0.3 is 9.72 Å². The minimum Gasteiger partial charge on any atom is -0.461 e. The number of aromatic amines is 1. The third-order valence-electron chi connectivity index (χ3n) is 3.55. The maximum atomic E-state index is 12.8. The van der Waals surface area contributed by atoms with Crippen molar-refractivity contribution in [1.82, 2.24) is 4.98 Å². The number of benzene rings is 1. The van der Waals surface area contributed by atoms with Gasteiger partial charge in [0.1, 0.15) is 10.6 Å². The van der Waals surface area contributed by atoms with E-state index in [1.165, 1.54) is 0 Å². The Morgan fingerprint density at radius 2 is 1.96 bits per heavy atom. The summed E-state index contributed by atoms with van der Waals surface area (Å²) in [5.74, 6) is -0.581. The van der Waals surface area contributed by atoms with E-state index in [4.69, 9.17) is 16.3 Å². The summed E-state index contributed by atoms with van der Waals surface area (Å²) in [5, 5.41) is 0.522. The van der Waals surface area contributed by atoms with Crippen LogP contribution >= 0.6 is 11.6 Å². The van der Waals surface area contributed by atoms with Crippen molar-refractivity contribution in [2.75, 3.05) is 11.3 Å². The number of rotatable bonds is 5. The highest BCUT2D eigenvalue weighted by Gasteiger charge is 2.27. The summed E-state index contributed by atoms with van der Waals surface area (Å²) in [6.45, 7) is 6.81. The summed E-state index contributed by atoms with van der Waals surface area (Å²) in [4.78, 5) is 14.8. The molecule has 0 radical (unpaired) electrons. The maximum Gasteiger partial charge on any atom is 0.355 e. The molecule has 0 saturated carbocycles. The summed E-state index contributed by atoms with van der Waals surface area (Å²) in [6.07, 6.45) is 0. The van der Waals surface area contributed by atoms with E-state index >= 15 is 0 Å². The van der Waals surface area contributed by atoms with Crippen LogP contribution in [-0.2, 0) is 14.8 Å². The van der Waals surface area contributed by atoms with Crippen LogP contribution in [0, 0.1) is 20.8 Å². The van der Waals surface area contributed by atoms with Crippen molar-refractivity contribution >= 4 is 33.3 Å². The Morgan fingerprint density at radius 1 is 1.29 bits per heavy atom. The van der Waals surface area contributed by atoms with Crippen LogP contribution in [0.2, 0.25) is 5.02 Å². The number of halogens is 1. The fourth-order valence-electron chi connectivity index (χ4n) is 2.48. The van der Waals surface area contributed by atoms with E-state index in [1.54, 1.807) is 45.9 Å². The topological polar surface area (TPSA) is 88.3 Å². The second kappa shape index (κ2) is 6.86. The van der Waals surface area contributed by atoms with Crippen LogP contribution in [0.25, 0.3) is 0 Å². The van der Waals surface area contributed by atoms with Crippen LogP contribution in [0.3, 0.4) is 0 Å². The van der Waals surface area contributed by atoms with Gasteiger partial charge in [-0.15, -0.1) is 0 Å². The molecule has 24 heavy (non-hydrogen) atoms. The Hall–Kier alpha value is -1.99. The quantitative estimate of drug-likeness (QED) is 0.787. The van der Waals surface area contributed by atoms with E-state index in [1.807, 2.05) is 0 Å². The monoisotopic (exact) mass is 370 g/mol. The summed E-state index contributed by atoms with van der Waals surface area (Å²) in [5.41, 5.74) is 1.96. The number of anilines is 1. The minimum atomic E-state index is -3.87. The first kappa shape index (κ1) is 18.4. The third kappa shape index (κ3) is 3.57. The van der Waals surface area contributed by atoms with Gasteiger partial charge in [0.25, 0.3) is 10.0 Å². The number of carbonyl (C=O) groups excluding carboxylic acids is 1. The molecule has 0 aliphatic carbocycles. The molecule has 130 valence electrons. The van der Waals surface area contributed by atoms with Gasteiger partial charge in [0, 0.05) is 16.3 Å². The van der Waals surface area contributed by atoms with Gasteiger partial charge in [-0.25, -0.2) is 13.2 Å². The number of hydrogen-bond donors (Lipinski definition) is 2. The lowest BCUT2D eigenvalue weighted by Gasteiger charge is -2.11. The molecule has 0 atom stereocenters. The van der Waals surface area contributed by atoms with Crippen LogP contribution in [-0.4, -0.2) is 26.0 Å². The molecule has 0 aliphatic heterocycles. The van der Waals surface area contributed by atoms with Gasteiger partial charge in [-0.05, 0) is 51.5 Å². The zero-order valence-electron chi connectivity index (χ0n) is 13.9. The summed E-state index contributed by atoms with van der Waals surface area (Å²) in [7, 11) is -3.87. The molecule has 2 aromatic rings. The molecule has 0 bridgehead atoms. The summed E-state index contributed by atoms with van der Waals surface area (Å²) >= 11 is 5.89. The summed E-state index contributed by atoms with van der Waals surface area (Å²) < 4.78 is 33.0. The lowest BCUT2D eigenvalue weighted by molar-refractivity contribution is 0.0519. The van der Waals surface area contributed by atoms with Crippen molar-refractivity contribution in [2.24, 2.45) is 0 Å². The molecule has 0 saturated heterocycles. The lowest BCUT2D eigenvalue weighted by atomic mass is 10.2. The van der Waals surface area contributed by atoms with E-state index in [0.29, 0.717) is 27.5 Å². The van der Waals surface area contributed by atoms with Crippen molar-refractivity contribution < 1.29 is 17.9 Å². The highest BCUT2D eigenvalue weighted by molar-refractivity contribution is 7.92. The van der Waals surface area contributed by atoms with Gasteiger partial charge in [0.05, 0.1) is 12.3 Å². The Morgan fingerprint density at radius 3 is 2.54 bits per heavy atom. The molecule has 2 rings (SSSR count). The fraction of sp³-hybridized carbons (Fsp3) is 0.312. The smallest absolute Gasteiger partial charge is 0.355 e. The molecular formula is C16H19ClN2O4S. The molecule has 0 spiro atoms. The lowest BCUT2D eigenvalue weighted by Crippen LogP contribution is -2.15. The highest BCUT2D eigenvalue weighted by Crippen LogP contribution is 2.28. The van der Waals surface area contributed by atoms with Crippen molar-refractivity contribution in [3.63, 3.8) is 0 Å². The average Bonchev–Trinajstić information content (AvgIpc) is 2.78. The number of carbonyl (C=O) groups is 1. The van der Waals surface area contributed by atoms with Gasteiger partial charge in [0.2, 0.25) is 0 Å². The maximum absolute atomic E-state index is 12.8. The van der Waals surface area contributed by atoms with Crippen molar-refractivity contribution in [2.45, 2.75) is 32.6 Å². The number of aryl methyl sites for hydroxylation is 2. The molecule has 6 nitrogen and oxygen atoms in total. The zero-order valence-corrected chi connectivity index (χ0v) is 15.4. The van der Waals surface area contributed by atoms with Crippen LogP contribution in [0.5, 0.6) is 0 Å². The Labute approximate surface area is 146 Å². The van der Waals surface area contributed by atoms with Gasteiger partial charge in [-0.2, -0.15) is 0 Å². The molecule has 8 heteroatoms. The van der Waals surface area contributed by atoms with Crippen LogP contribution < -0.4 is 4.72 Å². The average molecular weight is 371 g/mol. The van der Waals surface area contributed by atoms with Crippen molar-refractivity contribution in [1.29, 1.82) is 0 Å². The number of esters is 1. The Kier molecular flexibility index (Phi) is 5.25. The van der Waals surface area contributed by atoms with E-state index < -0.39 is 16.0 Å². The van der Waals surface area contributed by atoms with Gasteiger partial charge in [-0.3, -0.25) is 4.72 Å². The van der Waals surface area contributed by atoms with Crippen molar-refractivity contribution in [3.8, 4) is 0 Å². The molecule has 0 unspecified atom stereocenters.